The van der Waals surface area contributed by atoms with E-state index in [4.69, 9.17) is 4.84 Å². The molecule has 0 bridgehead atoms. The topological polar surface area (TPSA) is 21.3 Å². The van der Waals surface area contributed by atoms with Gasteiger partial charge in [0.15, 0.2) is 0 Å². The maximum absolute atomic E-state index is 5.39. The fraction of sp³-hybridized carbons (Fsp3) is 0.222. The lowest BCUT2D eigenvalue weighted by molar-refractivity contribution is 0.0576. The number of allylic oxidation sites excluding steroid dienone is 1. The summed E-state index contributed by atoms with van der Waals surface area (Å²) in [7, 11) is 0. The minimum Gasteiger partial charge on any atom is -0.297 e. The van der Waals surface area contributed by atoms with Crippen LogP contribution in [-0.2, 0) is 11.4 Å². The van der Waals surface area contributed by atoms with Crippen molar-refractivity contribution in [2.45, 2.75) is 19.4 Å². The lowest BCUT2D eigenvalue weighted by Crippen LogP contribution is -2.13. The molecule has 2 heteroatoms. The lowest BCUT2D eigenvalue weighted by atomic mass is 10.0. The Hall–Kier alpha value is -1.90. The summed E-state index contributed by atoms with van der Waals surface area (Å²) in [4.78, 5) is 5.39. The summed E-state index contributed by atoms with van der Waals surface area (Å²) in [5.41, 5.74) is 5.50. The molecule has 0 aliphatic rings. The van der Waals surface area contributed by atoms with Crippen LogP contribution in [0.1, 0.15) is 24.0 Å². The second-order valence-electron chi connectivity index (χ2n) is 4.75. The molecule has 0 saturated carbocycles. The smallest absolute Gasteiger partial charge is 0.0864 e. The van der Waals surface area contributed by atoms with E-state index in [2.05, 4.69) is 61.0 Å². The normalized spacial score (nSPS) is 12.7. The van der Waals surface area contributed by atoms with Crippen molar-refractivity contribution in [3.05, 3.63) is 83.9 Å². The Morgan fingerprint density at radius 3 is 2.35 bits per heavy atom. The molecule has 2 rings (SSSR count). The van der Waals surface area contributed by atoms with Crippen LogP contribution in [0.4, 0.5) is 0 Å². The summed E-state index contributed by atoms with van der Waals surface area (Å²) in [5, 5.41) is 0. The van der Waals surface area contributed by atoms with E-state index in [1.165, 1.54) is 11.1 Å². The van der Waals surface area contributed by atoms with Crippen LogP contribution in [0.2, 0.25) is 0 Å². The first-order valence-electron chi connectivity index (χ1n) is 6.96. The third kappa shape index (κ3) is 5.00. The van der Waals surface area contributed by atoms with Gasteiger partial charge in [-0.15, -0.1) is 0 Å². The second kappa shape index (κ2) is 8.31. The number of hydroxylamine groups is 1. The maximum Gasteiger partial charge on any atom is 0.0864 e. The molecule has 0 aliphatic carbocycles. The molecule has 1 unspecified atom stereocenters. The molecule has 1 atom stereocenters. The predicted octanol–water partition coefficient (Wildman–Crippen LogP) is 4.07. The van der Waals surface area contributed by atoms with Gasteiger partial charge in [-0.2, -0.15) is 5.48 Å². The molecule has 1 N–H and O–H groups in total. The second-order valence-corrected chi connectivity index (χ2v) is 4.75. The Balaban J connectivity index is 1.64. The van der Waals surface area contributed by atoms with Crippen LogP contribution in [-0.4, -0.2) is 6.61 Å². The number of hydrogen-bond donors (Lipinski definition) is 1. The molecular formula is C18H21NO. The van der Waals surface area contributed by atoms with Gasteiger partial charge in [0.25, 0.3) is 0 Å². The zero-order chi connectivity index (χ0) is 14.0. The highest BCUT2D eigenvalue weighted by Crippen LogP contribution is 2.15. The summed E-state index contributed by atoms with van der Waals surface area (Å²) in [6, 6.07) is 20.7. The minimum atomic E-state index is 0.411. The first-order chi connectivity index (χ1) is 9.86. The number of nitrogens with one attached hydrogen (secondary N) is 1. The standard InChI is InChI=1S/C18H21NO/c1-16(18-12-6-3-7-13-18)9-8-14-20-19-15-17-10-4-2-5-11-17/h2-13,16,19H,14-15H2,1H3/b9-8+. The van der Waals surface area contributed by atoms with Crippen LogP contribution in [0.5, 0.6) is 0 Å². The number of hydrogen-bond acceptors (Lipinski definition) is 2. The van der Waals surface area contributed by atoms with E-state index in [0.717, 1.165) is 6.54 Å². The Morgan fingerprint density at radius 1 is 1.00 bits per heavy atom. The van der Waals surface area contributed by atoms with Crippen LogP contribution >= 0.6 is 0 Å². The first-order valence-corrected chi connectivity index (χ1v) is 6.96. The SMILES string of the molecule is CC(/C=C/CONCc1ccccc1)c1ccccc1. The molecule has 0 amide bonds. The molecule has 0 aromatic heterocycles. The van der Waals surface area contributed by atoms with E-state index in [-0.39, 0.29) is 0 Å². The van der Waals surface area contributed by atoms with Crippen molar-refractivity contribution < 1.29 is 4.84 Å². The van der Waals surface area contributed by atoms with E-state index in [0.29, 0.717) is 12.5 Å². The number of rotatable bonds is 7. The van der Waals surface area contributed by atoms with Gasteiger partial charge in [-0.1, -0.05) is 79.7 Å². The summed E-state index contributed by atoms with van der Waals surface area (Å²) < 4.78 is 0. The Morgan fingerprint density at radius 2 is 1.65 bits per heavy atom. The van der Waals surface area contributed by atoms with E-state index < -0.39 is 0 Å². The van der Waals surface area contributed by atoms with Crippen molar-refractivity contribution >= 4 is 0 Å². The molecule has 104 valence electrons. The fourth-order valence-electron chi connectivity index (χ4n) is 1.96. The van der Waals surface area contributed by atoms with Crippen LogP contribution < -0.4 is 5.48 Å². The van der Waals surface area contributed by atoms with Crippen LogP contribution in [0.3, 0.4) is 0 Å². The van der Waals surface area contributed by atoms with Crippen molar-refractivity contribution in [2.24, 2.45) is 0 Å². The van der Waals surface area contributed by atoms with Gasteiger partial charge in [0, 0.05) is 6.54 Å². The van der Waals surface area contributed by atoms with Gasteiger partial charge in [-0.05, 0) is 17.0 Å². The van der Waals surface area contributed by atoms with Gasteiger partial charge in [0.1, 0.15) is 0 Å². The van der Waals surface area contributed by atoms with Gasteiger partial charge >= 0.3 is 0 Å². The molecule has 0 fully saturated rings. The van der Waals surface area contributed by atoms with Gasteiger partial charge in [-0.3, -0.25) is 4.84 Å². The molecule has 2 aromatic carbocycles. The number of benzene rings is 2. The van der Waals surface area contributed by atoms with E-state index >= 15 is 0 Å². The highest BCUT2D eigenvalue weighted by atomic mass is 16.6. The van der Waals surface area contributed by atoms with Crippen LogP contribution in [0, 0.1) is 0 Å². The summed E-state index contributed by atoms with van der Waals surface area (Å²) >= 11 is 0. The zero-order valence-corrected chi connectivity index (χ0v) is 11.8. The van der Waals surface area contributed by atoms with Crippen molar-refractivity contribution in [3.8, 4) is 0 Å². The van der Waals surface area contributed by atoms with Crippen molar-refractivity contribution in [1.29, 1.82) is 0 Å². The fourth-order valence-corrected chi connectivity index (χ4v) is 1.96. The van der Waals surface area contributed by atoms with Gasteiger partial charge in [-0.25, -0.2) is 0 Å². The highest BCUT2D eigenvalue weighted by Gasteiger charge is 1.98. The molecule has 0 heterocycles. The molecule has 0 radical (unpaired) electrons. The maximum atomic E-state index is 5.39. The van der Waals surface area contributed by atoms with E-state index in [1.54, 1.807) is 0 Å². The third-order valence-corrected chi connectivity index (χ3v) is 3.15. The molecule has 0 saturated heterocycles. The summed E-state index contributed by atoms with van der Waals surface area (Å²) in [5.74, 6) is 0.411. The quantitative estimate of drug-likeness (QED) is 0.464. The highest BCUT2D eigenvalue weighted by molar-refractivity contribution is 5.22. The molecule has 0 spiro atoms. The minimum absolute atomic E-state index is 0.411. The molecule has 20 heavy (non-hydrogen) atoms. The van der Waals surface area contributed by atoms with Crippen molar-refractivity contribution in [1.82, 2.24) is 5.48 Å². The van der Waals surface area contributed by atoms with Gasteiger partial charge in [0.05, 0.1) is 6.61 Å². The van der Waals surface area contributed by atoms with Crippen molar-refractivity contribution in [3.63, 3.8) is 0 Å². The molecule has 2 aromatic rings. The van der Waals surface area contributed by atoms with Gasteiger partial charge in [0.2, 0.25) is 0 Å². The largest absolute Gasteiger partial charge is 0.297 e. The first kappa shape index (κ1) is 14.5. The van der Waals surface area contributed by atoms with E-state index in [9.17, 15) is 0 Å². The average Bonchev–Trinajstić information content (AvgIpc) is 2.52. The monoisotopic (exact) mass is 267 g/mol. The molecular weight excluding hydrogens is 246 g/mol. The Kier molecular flexibility index (Phi) is 6.03. The molecule has 0 aliphatic heterocycles. The zero-order valence-electron chi connectivity index (χ0n) is 11.8. The average molecular weight is 267 g/mol. The Labute approximate surface area is 121 Å². The van der Waals surface area contributed by atoms with Crippen LogP contribution in [0.25, 0.3) is 0 Å². The third-order valence-electron chi connectivity index (χ3n) is 3.15. The Bertz CT molecular complexity index is 507. The summed E-state index contributed by atoms with van der Waals surface area (Å²) in [6.45, 7) is 3.48. The van der Waals surface area contributed by atoms with Crippen molar-refractivity contribution in [2.75, 3.05) is 6.61 Å². The van der Waals surface area contributed by atoms with E-state index in [1.807, 2.05) is 24.3 Å². The van der Waals surface area contributed by atoms with Gasteiger partial charge < -0.3 is 0 Å². The predicted molar refractivity (Wildman–Crippen MR) is 83.2 cm³/mol. The lowest BCUT2D eigenvalue weighted by Gasteiger charge is -2.06. The summed E-state index contributed by atoms with van der Waals surface area (Å²) in [6.07, 6.45) is 4.22. The van der Waals surface area contributed by atoms with Crippen LogP contribution in [0.15, 0.2) is 72.8 Å². The molecule has 2 nitrogen and oxygen atoms in total.